The Morgan fingerprint density at radius 3 is 2.83 bits per heavy atom. The molecule has 0 aromatic rings. The molecule has 1 saturated heterocycles. The zero-order chi connectivity index (χ0) is 4.41. The van der Waals surface area contributed by atoms with Crippen LogP contribution in [0.3, 0.4) is 0 Å². The average Bonchev–Trinajstić information content (AvgIpc) is 1.86. The molecule has 1 aliphatic heterocycles. The summed E-state index contributed by atoms with van der Waals surface area (Å²) in [5.41, 5.74) is 0. The van der Waals surface area contributed by atoms with Crippen LogP contribution in [0, 0.1) is 5.75 Å². The van der Waals surface area contributed by atoms with Gasteiger partial charge in [-0.1, -0.05) is 0 Å². The maximum Gasteiger partial charge on any atom is 0.0678 e. The van der Waals surface area contributed by atoms with Gasteiger partial charge in [-0.2, -0.15) is 11.8 Å². The fraction of sp³-hybridized carbons (Fsp3) is 0.750. The molecule has 1 nitrogen and oxygen atoms in total. The van der Waals surface area contributed by atoms with Gasteiger partial charge in [-0.05, 0) is 12.2 Å². The molecular formula is C4H7OS. The van der Waals surface area contributed by atoms with Crippen molar-refractivity contribution in [2.45, 2.75) is 12.5 Å². The summed E-state index contributed by atoms with van der Waals surface area (Å²) in [6, 6.07) is 0. The largest absolute Gasteiger partial charge is 0.392 e. The summed E-state index contributed by atoms with van der Waals surface area (Å²) in [6.07, 6.45) is 0.833. The van der Waals surface area contributed by atoms with E-state index in [2.05, 4.69) is 0 Å². The van der Waals surface area contributed by atoms with E-state index in [9.17, 15) is 0 Å². The smallest absolute Gasteiger partial charge is 0.0678 e. The van der Waals surface area contributed by atoms with E-state index in [4.69, 9.17) is 5.11 Å². The molecule has 0 bridgehead atoms. The van der Waals surface area contributed by atoms with Gasteiger partial charge >= 0.3 is 0 Å². The molecule has 0 spiro atoms. The molecule has 1 radical (unpaired) electrons. The molecule has 0 aromatic carbocycles. The highest BCUT2D eigenvalue weighted by Gasteiger charge is 2.10. The summed E-state index contributed by atoms with van der Waals surface area (Å²) >= 11 is 1.71. The molecular weight excluding hydrogens is 96.1 g/mol. The predicted molar refractivity (Wildman–Crippen MR) is 27.4 cm³/mol. The Hall–Kier alpha value is 0.310. The van der Waals surface area contributed by atoms with Crippen LogP contribution in [0.5, 0.6) is 0 Å². The molecule has 0 amide bonds. The van der Waals surface area contributed by atoms with Crippen LogP contribution >= 0.6 is 11.8 Å². The van der Waals surface area contributed by atoms with Crippen LogP contribution in [-0.4, -0.2) is 17.0 Å². The van der Waals surface area contributed by atoms with E-state index in [0.717, 1.165) is 12.2 Å². The third-order valence-electron chi connectivity index (χ3n) is 0.785. The number of rotatable bonds is 0. The van der Waals surface area contributed by atoms with Crippen molar-refractivity contribution in [2.24, 2.45) is 0 Å². The van der Waals surface area contributed by atoms with Crippen LogP contribution in [0.15, 0.2) is 0 Å². The van der Waals surface area contributed by atoms with E-state index in [0.29, 0.717) is 0 Å². The van der Waals surface area contributed by atoms with Gasteiger partial charge in [-0.15, -0.1) is 0 Å². The van der Waals surface area contributed by atoms with Gasteiger partial charge in [-0.3, -0.25) is 0 Å². The van der Waals surface area contributed by atoms with Gasteiger partial charge in [-0.25, -0.2) is 0 Å². The first-order chi connectivity index (χ1) is 2.89. The summed E-state index contributed by atoms with van der Waals surface area (Å²) in [4.78, 5) is 0. The van der Waals surface area contributed by atoms with Crippen molar-refractivity contribution in [3.05, 3.63) is 5.75 Å². The Balaban J connectivity index is 2.18. The van der Waals surface area contributed by atoms with Crippen LogP contribution in [0.4, 0.5) is 0 Å². The molecule has 35 valence electrons. The highest BCUT2D eigenvalue weighted by Crippen LogP contribution is 2.21. The quantitative estimate of drug-likeness (QED) is 0.485. The van der Waals surface area contributed by atoms with Crippen LogP contribution in [0.1, 0.15) is 6.42 Å². The van der Waals surface area contributed by atoms with Gasteiger partial charge in [0.2, 0.25) is 0 Å². The van der Waals surface area contributed by atoms with Gasteiger partial charge < -0.3 is 5.11 Å². The van der Waals surface area contributed by atoms with Crippen molar-refractivity contribution in [1.82, 2.24) is 0 Å². The second-order valence-electron chi connectivity index (χ2n) is 1.36. The Labute approximate surface area is 41.7 Å². The van der Waals surface area contributed by atoms with Gasteiger partial charge in [0.05, 0.1) is 6.10 Å². The van der Waals surface area contributed by atoms with E-state index >= 15 is 0 Å². The molecule has 1 rings (SSSR count). The molecule has 1 atom stereocenters. The minimum atomic E-state index is -0.116. The topological polar surface area (TPSA) is 20.2 Å². The van der Waals surface area contributed by atoms with Gasteiger partial charge in [0, 0.05) is 5.75 Å². The van der Waals surface area contributed by atoms with Crippen molar-refractivity contribution in [2.75, 3.05) is 5.75 Å². The summed E-state index contributed by atoms with van der Waals surface area (Å²) in [5, 5.41) is 8.65. The maximum absolute atomic E-state index is 8.65. The lowest BCUT2D eigenvalue weighted by Gasteiger charge is -1.89. The monoisotopic (exact) mass is 103 g/mol. The first kappa shape index (κ1) is 4.47. The second-order valence-corrected chi connectivity index (χ2v) is 2.38. The Morgan fingerprint density at radius 1 is 1.83 bits per heavy atom. The van der Waals surface area contributed by atoms with Crippen molar-refractivity contribution in [3.63, 3.8) is 0 Å². The number of hydrogen-bond acceptors (Lipinski definition) is 2. The number of hydrogen-bond donors (Lipinski definition) is 1. The standard InChI is InChI=1S/C4H7OS/c5-4-1-2-6-3-4/h3-5H,1-2H2. The lowest BCUT2D eigenvalue weighted by Crippen LogP contribution is -1.96. The lowest BCUT2D eigenvalue weighted by atomic mass is 10.3. The fourth-order valence-corrected chi connectivity index (χ4v) is 1.31. The first-order valence-corrected chi connectivity index (χ1v) is 3.07. The second kappa shape index (κ2) is 1.85. The minimum Gasteiger partial charge on any atom is -0.392 e. The Morgan fingerprint density at radius 2 is 2.67 bits per heavy atom. The maximum atomic E-state index is 8.65. The van der Waals surface area contributed by atoms with Crippen molar-refractivity contribution in [3.8, 4) is 0 Å². The number of aliphatic hydroxyl groups excluding tert-OH is 1. The molecule has 1 fully saturated rings. The summed E-state index contributed by atoms with van der Waals surface area (Å²) in [6.45, 7) is 0. The summed E-state index contributed by atoms with van der Waals surface area (Å²) in [7, 11) is 0. The summed E-state index contributed by atoms with van der Waals surface area (Å²) in [5.74, 6) is 2.97. The van der Waals surface area contributed by atoms with E-state index in [-0.39, 0.29) is 6.10 Å². The van der Waals surface area contributed by atoms with Gasteiger partial charge in [0.15, 0.2) is 0 Å². The molecule has 1 aliphatic rings. The van der Waals surface area contributed by atoms with Crippen LogP contribution in [0.2, 0.25) is 0 Å². The SMILES string of the molecule is OC1[CH]SCC1. The van der Waals surface area contributed by atoms with E-state index in [1.54, 1.807) is 11.8 Å². The zero-order valence-electron chi connectivity index (χ0n) is 3.42. The number of aliphatic hydroxyl groups is 1. The number of thioether (sulfide) groups is 1. The Bertz CT molecular complexity index is 40.8. The fourth-order valence-electron chi connectivity index (χ4n) is 0.436. The summed E-state index contributed by atoms with van der Waals surface area (Å²) < 4.78 is 0. The third-order valence-corrected chi connectivity index (χ3v) is 1.76. The van der Waals surface area contributed by atoms with Crippen LogP contribution in [0.25, 0.3) is 0 Å². The molecule has 2 heteroatoms. The average molecular weight is 103 g/mol. The zero-order valence-corrected chi connectivity index (χ0v) is 4.24. The van der Waals surface area contributed by atoms with Crippen LogP contribution in [-0.2, 0) is 0 Å². The lowest BCUT2D eigenvalue weighted by molar-refractivity contribution is 0.219. The molecule has 6 heavy (non-hydrogen) atoms. The highest BCUT2D eigenvalue weighted by atomic mass is 32.2. The molecule has 1 heterocycles. The van der Waals surface area contributed by atoms with E-state index in [1.165, 1.54) is 0 Å². The third kappa shape index (κ3) is 0.884. The van der Waals surface area contributed by atoms with Crippen LogP contribution < -0.4 is 0 Å². The van der Waals surface area contributed by atoms with Crippen molar-refractivity contribution >= 4 is 11.8 Å². The van der Waals surface area contributed by atoms with E-state index in [1.807, 2.05) is 5.75 Å². The predicted octanol–water partition coefficient (Wildman–Crippen LogP) is 0.646. The Kier molecular flexibility index (Phi) is 1.37. The highest BCUT2D eigenvalue weighted by molar-refractivity contribution is 8.01. The van der Waals surface area contributed by atoms with Gasteiger partial charge in [0.25, 0.3) is 0 Å². The normalized spacial score (nSPS) is 34.5. The molecule has 0 aromatic heterocycles. The molecule has 0 saturated carbocycles. The first-order valence-electron chi connectivity index (χ1n) is 2.02. The van der Waals surface area contributed by atoms with E-state index < -0.39 is 0 Å². The molecule has 1 N–H and O–H groups in total. The van der Waals surface area contributed by atoms with Crippen molar-refractivity contribution < 1.29 is 5.11 Å². The molecule has 1 unspecified atom stereocenters. The molecule has 0 aliphatic carbocycles. The minimum absolute atomic E-state index is 0.116. The van der Waals surface area contributed by atoms with Crippen molar-refractivity contribution in [1.29, 1.82) is 0 Å². The van der Waals surface area contributed by atoms with Gasteiger partial charge in [0.1, 0.15) is 0 Å².